The van der Waals surface area contributed by atoms with Crippen molar-refractivity contribution in [3.05, 3.63) is 139 Å². The van der Waals surface area contributed by atoms with E-state index in [2.05, 4.69) is 63.7 Å². The van der Waals surface area contributed by atoms with Gasteiger partial charge in [-0.05, 0) is 131 Å². The molecule has 0 saturated carbocycles. The number of ether oxygens (including phenoxy) is 3. The summed E-state index contributed by atoms with van der Waals surface area (Å²) in [7, 11) is 0. The zero-order valence-corrected chi connectivity index (χ0v) is 34.4. The van der Waals surface area contributed by atoms with Crippen LogP contribution in [0.25, 0.3) is 65.3 Å². The van der Waals surface area contributed by atoms with E-state index in [1.165, 1.54) is 0 Å². The second-order valence-electron chi connectivity index (χ2n) is 12.5. The summed E-state index contributed by atoms with van der Waals surface area (Å²) >= 11 is 14.7. The van der Waals surface area contributed by atoms with E-state index in [1.54, 1.807) is 0 Å². The first-order valence-corrected chi connectivity index (χ1v) is 20.1. The van der Waals surface area contributed by atoms with Gasteiger partial charge in [-0.25, -0.2) is 0 Å². The van der Waals surface area contributed by atoms with Crippen molar-refractivity contribution >= 4 is 107 Å². The van der Waals surface area contributed by atoms with Gasteiger partial charge in [0.15, 0.2) is 0 Å². The first kappa shape index (κ1) is 35.9. The fourth-order valence-corrected chi connectivity index (χ4v) is 8.99. The van der Waals surface area contributed by atoms with Gasteiger partial charge in [0.25, 0.3) is 0 Å². The summed E-state index contributed by atoms with van der Waals surface area (Å²) in [5, 5.41) is 30.7. The molecule has 0 aliphatic heterocycles. The van der Waals surface area contributed by atoms with Crippen LogP contribution >= 0.6 is 63.7 Å². The van der Waals surface area contributed by atoms with Crippen LogP contribution in [0.2, 0.25) is 0 Å². The Hall–Kier alpha value is -4.12. The number of hydrogen-bond donors (Lipinski definition) is 2. The number of benzene rings is 8. The summed E-state index contributed by atoms with van der Waals surface area (Å²) in [6.07, 6.45) is 0. The Morgan fingerprint density at radius 1 is 0.377 bits per heavy atom. The van der Waals surface area contributed by atoms with Gasteiger partial charge in [0, 0.05) is 22.3 Å². The van der Waals surface area contributed by atoms with Crippen LogP contribution in [-0.2, 0) is 4.74 Å². The van der Waals surface area contributed by atoms with Crippen LogP contribution in [0.3, 0.4) is 0 Å². The summed E-state index contributed by atoms with van der Waals surface area (Å²) in [5.74, 6) is 1.53. The van der Waals surface area contributed by atoms with Gasteiger partial charge in [-0.3, -0.25) is 0 Å². The molecular formula is C44H30Br4O5. The van der Waals surface area contributed by atoms with Gasteiger partial charge in [-0.15, -0.1) is 0 Å². The molecule has 0 aromatic heterocycles. The predicted molar refractivity (Wildman–Crippen MR) is 230 cm³/mol. The van der Waals surface area contributed by atoms with Gasteiger partial charge in [-0.1, -0.05) is 97.1 Å². The van der Waals surface area contributed by atoms with Crippen molar-refractivity contribution in [2.24, 2.45) is 0 Å². The van der Waals surface area contributed by atoms with Gasteiger partial charge in [0.05, 0.1) is 31.1 Å². The van der Waals surface area contributed by atoms with Gasteiger partial charge < -0.3 is 24.4 Å². The lowest BCUT2D eigenvalue weighted by atomic mass is 9.92. The minimum atomic E-state index is 0.147. The third kappa shape index (κ3) is 6.78. The molecule has 0 heterocycles. The maximum atomic E-state index is 11.5. The van der Waals surface area contributed by atoms with E-state index in [9.17, 15) is 10.2 Å². The van der Waals surface area contributed by atoms with Gasteiger partial charge >= 0.3 is 0 Å². The third-order valence-electron chi connectivity index (χ3n) is 9.31. The van der Waals surface area contributed by atoms with E-state index in [4.69, 9.17) is 14.2 Å². The van der Waals surface area contributed by atoms with E-state index in [-0.39, 0.29) is 24.7 Å². The Kier molecular flexibility index (Phi) is 10.4. The largest absolute Gasteiger partial charge is 0.506 e. The summed E-state index contributed by atoms with van der Waals surface area (Å²) in [4.78, 5) is 0. The van der Waals surface area contributed by atoms with Crippen LogP contribution in [0.4, 0.5) is 0 Å². The van der Waals surface area contributed by atoms with Crippen LogP contribution in [-0.4, -0.2) is 36.6 Å². The molecule has 0 fully saturated rings. The lowest BCUT2D eigenvalue weighted by Crippen LogP contribution is -2.13. The van der Waals surface area contributed by atoms with Crippen LogP contribution in [0.1, 0.15) is 0 Å². The molecule has 8 aromatic carbocycles. The Labute approximate surface area is 339 Å². The topological polar surface area (TPSA) is 68.2 Å². The molecule has 2 N–H and O–H groups in total. The first-order valence-electron chi connectivity index (χ1n) is 16.9. The summed E-state index contributed by atoms with van der Waals surface area (Å²) in [6.45, 7) is 1.13. The molecule has 0 aliphatic carbocycles. The number of halogens is 4. The summed E-state index contributed by atoms with van der Waals surface area (Å²) in [5.41, 5.74) is 2.98. The van der Waals surface area contributed by atoms with Crippen LogP contribution < -0.4 is 9.47 Å². The molecule has 0 unspecified atom stereocenters. The van der Waals surface area contributed by atoms with Crippen molar-refractivity contribution in [3.8, 4) is 45.3 Å². The third-order valence-corrected chi connectivity index (χ3v) is 11.7. The molecule has 0 aliphatic rings. The molecule has 0 bridgehead atoms. The highest BCUT2D eigenvalue weighted by Gasteiger charge is 2.24. The number of fused-ring (bicyclic) bond motifs is 4. The van der Waals surface area contributed by atoms with Crippen LogP contribution in [0, 0.1) is 0 Å². The maximum Gasteiger partial charge on any atom is 0.142 e. The minimum Gasteiger partial charge on any atom is -0.506 e. The molecule has 8 aromatic rings. The number of phenolic OH excluding ortho intramolecular Hbond substituents is 2. The molecule has 264 valence electrons. The molecule has 5 nitrogen and oxygen atoms in total. The number of aromatic hydroxyl groups is 2. The van der Waals surface area contributed by atoms with E-state index < -0.39 is 0 Å². The first-order chi connectivity index (χ1) is 25.8. The number of phenols is 2. The van der Waals surface area contributed by atoms with Crippen molar-refractivity contribution in [2.45, 2.75) is 0 Å². The zero-order chi connectivity index (χ0) is 36.6. The van der Waals surface area contributed by atoms with Gasteiger partial charge in [-0.2, -0.15) is 0 Å². The lowest BCUT2D eigenvalue weighted by Gasteiger charge is -2.20. The normalized spacial score (nSPS) is 11.5. The van der Waals surface area contributed by atoms with Crippen molar-refractivity contribution in [1.29, 1.82) is 0 Å². The van der Waals surface area contributed by atoms with Gasteiger partial charge in [0.1, 0.15) is 36.2 Å². The monoisotopic (exact) mass is 954 g/mol. The molecule has 53 heavy (non-hydrogen) atoms. The summed E-state index contributed by atoms with van der Waals surface area (Å²) < 4.78 is 21.8. The smallest absolute Gasteiger partial charge is 0.142 e. The van der Waals surface area contributed by atoms with Crippen molar-refractivity contribution in [1.82, 2.24) is 0 Å². The van der Waals surface area contributed by atoms with Crippen molar-refractivity contribution in [2.75, 3.05) is 26.4 Å². The molecule has 8 rings (SSSR count). The fourth-order valence-electron chi connectivity index (χ4n) is 6.99. The highest BCUT2D eigenvalue weighted by molar-refractivity contribution is 9.11. The summed E-state index contributed by atoms with van der Waals surface area (Å²) in [6, 6.07) is 40.1. The Bertz CT molecular complexity index is 2510. The van der Waals surface area contributed by atoms with E-state index in [0.29, 0.717) is 44.8 Å². The number of rotatable bonds is 10. The standard InChI is InChI=1S/C44H30Br4O5/c45-33-21-25-9-1-5-13-29(25)37(41(33)49)39-31-15-7-3-11-27(31)23-35(47)43(39)52-19-17-51-18-20-53-44-36(48)24-28-12-4-8-16-32(28)40(44)38-30-14-6-2-10-26(30)22-34(46)42(38)50/h1-16,21-24,49-50H,17-20H2. The molecule has 0 spiro atoms. The zero-order valence-electron chi connectivity index (χ0n) is 28.0. The Morgan fingerprint density at radius 2 is 0.679 bits per heavy atom. The SMILES string of the molecule is Oc1c(Br)cc2ccccc2c1-c1c(OCCOCCOc2c(Br)cc3ccccc3c2-c2c(O)c(Br)cc3ccccc23)c(Br)cc2ccccc12. The second kappa shape index (κ2) is 15.3. The van der Waals surface area contributed by atoms with Gasteiger partial charge in [0.2, 0.25) is 0 Å². The Morgan fingerprint density at radius 3 is 1.04 bits per heavy atom. The van der Waals surface area contributed by atoms with E-state index in [0.717, 1.165) is 63.2 Å². The molecule has 0 atom stereocenters. The fraction of sp³-hybridized carbons (Fsp3) is 0.0909. The van der Waals surface area contributed by atoms with Crippen LogP contribution in [0.15, 0.2) is 139 Å². The molecular weight excluding hydrogens is 928 g/mol. The van der Waals surface area contributed by atoms with Crippen molar-refractivity contribution < 1.29 is 24.4 Å². The lowest BCUT2D eigenvalue weighted by molar-refractivity contribution is 0.0764. The maximum absolute atomic E-state index is 11.5. The van der Waals surface area contributed by atoms with Crippen LogP contribution in [0.5, 0.6) is 23.0 Å². The predicted octanol–water partition coefficient (Wildman–Crippen LogP) is 13.6. The molecule has 0 amide bonds. The van der Waals surface area contributed by atoms with E-state index >= 15 is 0 Å². The Balaban J connectivity index is 1.04. The molecule has 0 radical (unpaired) electrons. The average Bonchev–Trinajstić information content (AvgIpc) is 3.16. The van der Waals surface area contributed by atoms with Crippen molar-refractivity contribution in [3.63, 3.8) is 0 Å². The molecule has 9 heteroatoms. The second-order valence-corrected chi connectivity index (χ2v) is 15.9. The highest BCUT2D eigenvalue weighted by Crippen LogP contribution is 2.52. The van der Waals surface area contributed by atoms with E-state index in [1.807, 2.05) is 121 Å². The number of hydrogen-bond acceptors (Lipinski definition) is 5. The molecule has 0 saturated heterocycles. The average molecular weight is 958 g/mol. The quantitative estimate of drug-likeness (QED) is 0.134. The highest BCUT2D eigenvalue weighted by atomic mass is 79.9. The minimum absolute atomic E-state index is 0.147.